The molecule has 2 aromatic rings. The highest BCUT2D eigenvalue weighted by molar-refractivity contribution is 5.42. The Morgan fingerprint density at radius 2 is 1.90 bits per heavy atom. The zero-order chi connectivity index (χ0) is 15.2. The number of aliphatic hydroxyl groups is 1. The summed E-state index contributed by atoms with van der Waals surface area (Å²) < 4.78 is 24.6. The van der Waals surface area contributed by atoms with Gasteiger partial charge in [-0.3, -0.25) is 0 Å². The molecule has 0 aromatic heterocycles. The fourth-order valence-corrected chi connectivity index (χ4v) is 2.07. The molecule has 0 spiro atoms. The second kappa shape index (κ2) is 7.09. The summed E-state index contributed by atoms with van der Waals surface area (Å²) in [6, 6.07) is 11.5. The Kier molecular flexibility index (Phi) is 5.17. The molecule has 0 heterocycles. The van der Waals surface area contributed by atoms with Crippen molar-refractivity contribution in [2.45, 2.75) is 19.4 Å². The topological polar surface area (TPSA) is 38.7 Å². The molecule has 112 valence electrons. The van der Waals surface area contributed by atoms with E-state index in [1.807, 2.05) is 13.0 Å². The molecular weight excluding hydrogens is 271 g/mol. The lowest BCUT2D eigenvalue weighted by atomic mass is 10.00. The van der Waals surface area contributed by atoms with Crippen molar-refractivity contribution in [2.75, 3.05) is 13.7 Å². The Hall–Kier alpha value is -2.07. The number of aliphatic hydroxyl groups excluding tert-OH is 1. The zero-order valence-corrected chi connectivity index (χ0v) is 12.2. The summed E-state index contributed by atoms with van der Waals surface area (Å²) in [6.07, 6.45) is -0.217. The first-order valence-electron chi connectivity index (χ1n) is 6.90. The number of halogens is 1. The van der Waals surface area contributed by atoms with Crippen LogP contribution in [-0.4, -0.2) is 18.8 Å². The molecule has 0 bridgehead atoms. The van der Waals surface area contributed by atoms with Gasteiger partial charge < -0.3 is 14.6 Å². The van der Waals surface area contributed by atoms with E-state index in [2.05, 4.69) is 0 Å². The van der Waals surface area contributed by atoms with Crippen molar-refractivity contribution in [3.63, 3.8) is 0 Å². The molecule has 1 N–H and O–H groups in total. The highest BCUT2D eigenvalue weighted by atomic mass is 19.1. The molecule has 0 radical (unpaired) electrons. The maximum absolute atomic E-state index is 14.1. The highest BCUT2D eigenvalue weighted by Crippen LogP contribution is 2.32. The molecule has 1 atom stereocenters. The van der Waals surface area contributed by atoms with Gasteiger partial charge in [0.1, 0.15) is 23.4 Å². The van der Waals surface area contributed by atoms with Gasteiger partial charge in [-0.25, -0.2) is 4.39 Å². The summed E-state index contributed by atoms with van der Waals surface area (Å²) in [5, 5.41) is 10.5. The largest absolute Gasteiger partial charge is 0.497 e. The van der Waals surface area contributed by atoms with Crippen LogP contribution >= 0.6 is 0 Å². The molecule has 2 aromatic carbocycles. The van der Waals surface area contributed by atoms with E-state index < -0.39 is 11.9 Å². The third kappa shape index (κ3) is 3.52. The standard InChI is InChI=1S/C17H19FO3/c1-3-10-21-16-7-5-4-6-14(16)17(19)13-9-8-12(20-2)11-15(13)18/h4-9,11,17,19H,3,10H2,1-2H3. The van der Waals surface area contributed by atoms with E-state index in [0.717, 1.165) is 6.42 Å². The summed E-state index contributed by atoms with van der Waals surface area (Å²) in [6.45, 7) is 2.55. The Balaban J connectivity index is 2.33. The van der Waals surface area contributed by atoms with Gasteiger partial charge in [-0.15, -0.1) is 0 Å². The molecule has 4 heteroatoms. The molecule has 0 aliphatic rings. The summed E-state index contributed by atoms with van der Waals surface area (Å²) in [5.41, 5.74) is 0.748. The lowest BCUT2D eigenvalue weighted by molar-refractivity contribution is 0.205. The van der Waals surface area contributed by atoms with E-state index in [0.29, 0.717) is 23.7 Å². The van der Waals surface area contributed by atoms with Crippen molar-refractivity contribution in [1.82, 2.24) is 0 Å². The summed E-state index contributed by atoms with van der Waals surface area (Å²) in [7, 11) is 1.47. The second-order valence-corrected chi connectivity index (χ2v) is 4.68. The molecule has 0 fully saturated rings. The van der Waals surface area contributed by atoms with Crippen molar-refractivity contribution >= 4 is 0 Å². The molecule has 2 rings (SSSR count). The molecular formula is C17H19FO3. The Morgan fingerprint density at radius 3 is 2.57 bits per heavy atom. The van der Waals surface area contributed by atoms with Gasteiger partial charge in [-0.1, -0.05) is 25.1 Å². The van der Waals surface area contributed by atoms with Crippen LogP contribution in [0.25, 0.3) is 0 Å². The SMILES string of the molecule is CCCOc1ccccc1C(O)c1ccc(OC)cc1F. The minimum Gasteiger partial charge on any atom is -0.497 e. The second-order valence-electron chi connectivity index (χ2n) is 4.68. The number of para-hydroxylation sites is 1. The van der Waals surface area contributed by atoms with Gasteiger partial charge in [-0.2, -0.15) is 0 Å². The number of hydrogen-bond acceptors (Lipinski definition) is 3. The average Bonchev–Trinajstić information content (AvgIpc) is 2.52. The van der Waals surface area contributed by atoms with Crippen LogP contribution < -0.4 is 9.47 Å². The van der Waals surface area contributed by atoms with Gasteiger partial charge in [-0.05, 0) is 24.6 Å². The van der Waals surface area contributed by atoms with E-state index in [9.17, 15) is 9.50 Å². The smallest absolute Gasteiger partial charge is 0.133 e. The van der Waals surface area contributed by atoms with Crippen LogP contribution in [-0.2, 0) is 0 Å². The van der Waals surface area contributed by atoms with E-state index in [4.69, 9.17) is 9.47 Å². The highest BCUT2D eigenvalue weighted by Gasteiger charge is 2.19. The van der Waals surface area contributed by atoms with E-state index in [1.165, 1.54) is 19.2 Å². The van der Waals surface area contributed by atoms with Crippen molar-refractivity contribution in [2.24, 2.45) is 0 Å². The lowest BCUT2D eigenvalue weighted by Gasteiger charge is -2.17. The molecule has 0 amide bonds. The average molecular weight is 290 g/mol. The first kappa shape index (κ1) is 15.3. The summed E-state index contributed by atoms with van der Waals surface area (Å²) in [4.78, 5) is 0. The molecule has 0 aliphatic heterocycles. The number of hydrogen-bond donors (Lipinski definition) is 1. The van der Waals surface area contributed by atoms with Crippen molar-refractivity contribution in [1.29, 1.82) is 0 Å². The molecule has 3 nitrogen and oxygen atoms in total. The Bertz CT molecular complexity index is 598. The quantitative estimate of drug-likeness (QED) is 0.881. The monoisotopic (exact) mass is 290 g/mol. The van der Waals surface area contributed by atoms with E-state index in [-0.39, 0.29) is 5.56 Å². The minimum atomic E-state index is -1.08. The van der Waals surface area contributed by atoms with Crippen LogP contribution in [0.15, 0.2) is 42.5 Å². The maximum Gasteiger partial charge on any atom is 0.133 e. The molecule has 0 aliphatic carbocycles. The van der Waals surface area contributed by atoms with E-state index >= 15 is 0 Å². The number of ether oxygens (including phenoxy) is 2. The number of methoxy groups -OCH3 is 1. The fourth-order valence-electron chi connectivity index (χ4n) is 2.07. The van der Waals surface area contributed by atoms with Crippen LogP contribution in [0.3, 0.4) is 0 Å². The third-order valence-corrected chi connectivity index (χ3v) is 3.18. The molecule has 0 saturated heterocycles. The van der Waals surface area contributed by atoms with Crippen molar-refractivity contribution in [3.8, 4) is 11.5 Å². The van der Waals surface area contributed by atoms with Gasteiger partial charge in [0.15, 0.2) is 0 Å². The lowest BCUT2D eigenvalue weighted by Crippen LogP contribution is -2.06. The predicted octanol–water partition coefficient (Wildman–Crippen LogP) is 3.70. The van der Waals surface area contributed by atoms with Crippen LogP contribution in [0.5, 0.6) is 11.5 Å². The fraction of sp³-hybridized carbons (Fsp3) is 0.294. The van der Waals surface area contributed by atoms with Gasteiger partial charge in [0.25, 0.3) is 0 Å². The Morgan fingerprint density at radius 1 is 1.14 bits per heavy atom. The van der Waals surface area contributed by atoms with Crippen LogP contribution in [0.1, 0.15) is 30.6 Å². The van der Waals surface area contributed by atoms with Gasteiger partial charge in [0.05, 0.1) is 13.7 Å². The number of benzene rings is 2. The number of rotatable bonds is 6. The van der Waals surface area contributed by atoms with Gasteiger partial charge >= 0.3 is 0 Å². The summed E-state index contributed by atoms with van der Waals surface area (Å²) in [5.74, 6) is 0.480. The first-order chi connectivity index (χ1) is 10.2. The van der Waals surface area contributed by atoms with Crippen LogP contribution in [0.2, 0.25) is 0 Å². The summed E-state index contributed by atoms with van der Waals surface area (Å²) >= 11 is 0. The maximum atomic E-state index is 14.1. The Labute approximate surface area is 124 Å². The van der Waals surface area contributed by atoms with Gasteiger partial charge in [0, 0.05) is 17.2 Å². The first-order valence-corrected chi connectivity index (χ1v) is 6.90. The minimum absolute atomic E-state index is 0.198. The third-order valence-electron chi connectivity index (χ3n) is 3.18. The van der Waals surface area contributed by atoms with Gasteiger partial charge in [0.2, 0.25) is 0 Å². The van der Waals surface area contributed by atoms with Crippen LogP contribution in [0, 0.1) is 5.82 Å². The zero-order valence-electron chi connectivity index (χ0n) is 12.2. The molecule has 21 heavy (non-hydrogen) atoms. The van der Waals surface area contributed by atoms with Crippen molar-refractivity contribution < 1.29 is 19.0 Å². The predicted molar refractivity (Wildman–Crippen MR) is 79.2 cm³/mol. The van der Waals surface area contributed by atoms with E-state index in [1.54, 1.807) is 24.3 Å². The normalized spacial score (nSPS) is 12.0. The molecule has 1 unspecified atom stereocenters. The van der Waals surface area contributed by atoms with Crippen molar-refractivity contribution in [3.05, 3.63) is 59.4 Å². The van der Waals surface area contributed by atoms with Crippen LogP contribution in [0.4, 0.5) is 4.39 Å². The molecule has 0 saturated carbocycles.